The summed E-state index contributed by atoms with van der Waals surface area (Å²) in [4.78, 5) is 43.9. The van der Waals surface area contributed by atoms with Gasteiger partial charge in [-0.25, -0.2) is 9.78 Å². The summed E-state index contributed by atoms with van der Waals surface area (Å²) >= 11 is 0. The molecule has 1 amide bonds. The van der Waals surface area contributed by atoms with Crippen molar-refractivity contribution in [1.29, 1.82) is 0 Å². The van der Waals surface area contributed by atoms with Crippen LogP contribution in [0.25, 0.3) is 11.0 Å². The van der Waals surface area contributed by atoms with Crippen LogP contribution in [0.4, 0.5) is 16.4 Å². The molecule has 1 saturated carbocycles. The number of hydrogen-bond acceptors (Lipinski definition) is 8. The maximum absolute atomic E-state index is 12.8. The van der Waals surface area contributed by atoms with Crippen LogP contribution >= 0.6 is 0 Å². The Kier molecular flexibility index (Phi) is 8.42. The van der Waals surface area contributed by atoms with E-state index in [9.17, 15) is 14.4 Å². The molecule has 0 spiro atoms. The first-order chi connectivity index (χ1) is 16.4. The zero-order valence-corrected chi connectivity index (χ0v) is 22.6. The summed E-state index contributed by atoms with van der Waals surface area (Å²) in [5, 5.41) is 6.81. The number of nitrogens with zero attached hydrogens (tertiary/aromatic N) is 3. The number of nitrogens with one attached hydrogen (secondary N) is 2. The Morgan fingerprint density at radius 1 is 1.26 bits per heavy atom. The van der Waals surface area contributed by atoms with Gasteiger partial charge in [0.05, 0.1) is 12.5 Å². The highest BCUT2D eigenvalue weighted by molar-refractivity contribution is 6.72. The van der Waals surface area contributed by atoms with Crippen LogP contribution in [0.15, 0.2) is 17.1 Å². The predicted molar refractivity (Wildman–Crippen MR) is 141 cm³/mol. The minimum atomic E-state index is -2.26. The highest BCUT2D eigenvalue weighted by Crippen LogP contribution is 2.40. The maximum atomic E-state index is 12.8. The van der Waals surface area contributed by atoms with Crippen LogP contribution in [0, 0.1) is 0 Å². The van der Waals surface area contributed by atoms with Crippen LogP contribution in [0.3, 0.4) is 0 Å². The number of unbranched alkanes of at least 4 members (excludes halogenated alkanes) is 1. The average molecular weight is 505 g/mol. The molecule has 0 aromatic carbocycles. The second-order valence-electron chi connectivity index (χ2n) is 10.7. The number of aromatic nitrogens is 3. The molecule has 1 aliphatic carbocycles. The molecule has 0 radical (unpaired) electrons. The first-order valence-electron chi connectivity index (χ1n) is 12.4. The zero-order chi connectivity index (χ0) is 25.8. The van der Waals surface area contributed by atoms with E-state index in [0.29, 0.717) is 29.2 Å². The van der Waals surface area contributed by atoms with Crippen LogP contribution in [-0.4, -0.2) is 52.9 Å². The fourth-order valence-corrected chi connectivity index (χ4v) is 5.18. The van der Waals surface area contributed by atoms with Crippen molar-refractivity contribution in [1.82, 2.24) is 19.9 Å². The molecule has 35 heavy (non-hydrogen) atoms. The SMILES string of the molecule is COC(=O)N[C@H]1CC[C@H](Nc2ncc3c(N)cc(=O)n(CCCCC(C)(C)[Si](C)(C)O)c3n2)CC1. The van der Waals surface area contributed by atoms with Gasteiger partial charge in [0, 0.05) is 36.6 Å². The molecule has 1 aliphatic rings. The summed E-state index contributed by atoms with van der Waals surface area (Å²) in [6.07, 6.45) is 7.27. The Balaban J connectivity index is 1.69. The van der Waals surface area contributed by atoms with Gasteiger partial charge in [0.15, 0.2) is 8.32 Å². The van der Waals surface area contributed by atoms with E-state index in [1.165, 1.54) is 13.2 Å². The molecule has 0 unspecified atom stereocenters. The topological polar surface area (TPSA) is 144 Å². The standard InChI is InChI=1S/C24H40N6O4Si/c1-24(2,35(4,5)33)12-6-7-13-30-20(31)14-19(25)18-15-26-22(29-21(18)30)27-16-8-10-17(11-9-16)28-23(32)34-3/h14-17,33H,6-13,25H2,1-5H3,(H,28,32)(H,26,27,29)/t16-,17-. The van der Waals surface area contributed by atoms with Crippen molar-refractivity contribution >= 4 is 37.1 Å². The number of hydrogen-bond donors (Lipinski definition) is 4. The van der Waals surface area contributed by atoms with Gasteiger partial charge in [0.1, 0.15) is 5.65 Å². The second kappa shape index (κ2) is 10.9. The number of methoxy groups -OCH3 is 1. The van der Waals surface area contributed by atoms with Gasteiger partial charge in [0.25, 0.3) is 5.56 Å². The van der Waals surface area contributed by atoms with Gasteiger partial charge < -0.3 is 25.9 Å². The number of nitrogen functional groups attached to an aromatic ring is 1. The van der Waals surface area contributed by atoms with Crippen molar-refractivity contribution in [2.24, 2.45) is 0 Å². The van der Waals surface area contributed by atoms with Gasteiger partial charge >= 0.3 is 6.09 Å². The van der Waals surface area contributed by atoms with E-state index in [0.717, 1.165) is 44.9 Å². The monoisotopic (exact) mass is 504 g/mol. The number of nitrogens with two attached hydrogens (primary N) is 1. The third-order valence-electron chi connectivity index (χ3n) is 7.54. The van der Waals surface area contributed by atoms with Gasteiger partial charge in [-0.3, -0.25) is 9.36 Å². The predicted octanol–water partition coefficient (Wildman–Crippen LogP) is 3.60. The molecule has 11 heteroatoms. The lowest BCUT2D eigenvalue weighted by Gasteiger charge is -2.35. The summed E-state index contributed by atoms with van der Waals surface area (Å²) in [7, 11) is -0.895. The molecular formula is C24H40N6O4Si. The van der Waals surface area contributed by atoms with Crippen LogP contribution in [0.1, 0.15) is 58.8 Å². The lowest BCUT2D eigenvalue weighted by Crippen LogP contribution is -2.40. The minimum absolute atomic E-state index is 0.0915. The minimum Gasteiger partial charge on any atom is -0.453 e. The van der Waals surface area contributed by atoms with Gasteiger partial charge in [-0.1, -0.05) is 20.3 Å². The van der Waals surface area contributed by atoms with Crippen molar-refractivity contribution in [3.63, 3.8) is 0 Å². The smallest absolute Gasteiger partial charge is 0.407 e. The van der Waals surface area contributed by atoms with Gasteiger partial charge in [-0.05, 0) is 56.7 Å². The molecule has 1 fully saturated rings. The maximum Gasteiger partial charge on any atom is 0.407 e. The fraction of sp³-hybridized carbons (Fsp3) is 0.667. The Bertz CT molecular complexity index is 1090. The zero-order valence-electron chi connectivity index (χ0n) is 21.6. The molecule has 5 N–H and O–H groups in total. The van der Waals surface area contributed by atoms with Crippen LogP contribution in [0.2, 0.25) is 18.1 Å². The van der Waals surface area contributed by atoms with Crippen LogP contribution in [-0.2, 0) is 11.3 Å². The molecule has 0 bridgehead atoms. The van der Waals surface area contributed by atoms with E-state index in [4.69, 9.17) is 5.73 Å². The van der Waals surface area contributed by atoms with Gasteiger partial charge in [0.2, 0.25) is 5.95 Å². The molecule has 0 saturated heterocycles. The molecule has 10 nitrogen and oxygen atoms in total. The number of aryl methyl sites for hydroxylation is 1. The van der Waals surface area contributed by atoms with E-state index in [2.05, 4.69) is 39.2 Å². The summed E-state index contributed by atoms with van der Waals surface area (Å²) in [5.74, 6) is 0.467. The van der Waals surface area contributed by atoms with E-state index in [1.807, 2.05) is 13.1 Å². The highest BCUT2D eigenvalue weighted by atomic mass is 28.4. The third-order valence-corrected chi connectivity index (χ3v) is 11.1. The third kappa shape index (κ3) is 6.72. The Labute approximate surface area is 207 Å². The normalized spacial score (nSPS) is 18.9. The molecule has 2 aromatic heterocycles. The summed E-state index contributed by atoms with van der Waals surface area (Å²) in [6, 6.07) is 1.71. The molecular weight excluding hydrogens is 464 g/mol. The fourth-order valence-electron chi connectivity index (χ4n) is 4.39. The lowest BCUT2D eigenvalue weighted by molar-refractivity contribution is 0.162. The van der Waals surface area contributed by atoms with Crippen LogP contribution in [0.5, 0.6) is 0 Å². The summed E-state index contributed by atoms with van der Waals surface area (Å²) < 4.78 is 6.35. The van der Waals surface area contributed by atoms with E-state index >= 15 is 0 Å². The van der Waals surface area contributed by atoms with Crippen molar-refractivity contribution in [2.45, 2.75) is 95.6 Å². The quantitative estimate of drug-likeness (QED) is 0.299. The number of ether oxygens (including phenoxy) is 1. The lowest BCUT2D eigenvalue weighted by atomic mass is 9.91. The molecule has 2 heterocycles. The first kappa shape index (κ1) is 26.9. The first-order valence-corrected chi connectivity index (χ1v) is 15.4. The Morgan fingerprint density at radius 2 is 1.91 bits per heavy atom. The van der Waals surface area contributed by atoms with Crippen molar-refractivity contribution < 1.29 is 14.3 Å². The van der Waals surface area contributed by atoms with Gasteiger partial charge in [-0.2, -0.15) is 4.98 Å². The molecule has 3 rings (SSSR count). The number of anilines is 2. The number of carbonyl (C=O) groups is 1. The second-order valence-corrected chi connectivity index (χ2v) is 15.2. The number of amides is 1. The van der Waals surface area contributed by atoms with E-state index in [1.54, 1.807) is 10.8 Å². The molecule has 194 valence electrons. The number of fused-ring (bicyclic) bond motifs is 1. The number of pyridine rings is 1. The largest absolute Gasteiger partial charge is 0.453 e. The van der Waals surface area contributed by atoms with Gasteiger partial charge in [-0.15, -0.1) is 0 Å². The molecule has 2 aromatic rings. The summed E-state index contributed by atoms with van der Waals surface area (Å²) in [6.45, 7) is 8.71. The Hall–Kier alpha value is -2.66. The molecule has 0 aliphatic heterocycles. The van der Waals surface area contributed by atoms with Crippen molar-refractivity contribution in [3.05, 3.63) is 22.6 Å². The van der Waals surface area contributed by atoms with Crippen molar-refractivity contribution in [2.75, 3.05) is 18.2 Å². The Morgan fingerprint density at radius 3 is 2.54 bits per heavy atom. The highest BCUT2D eigenvalue weighted by Gasteiger charge is 2.37. The van der Waals surface area contributed by atoms with E-state index in [-0.39, 0.29) is 22.7 Å². The molecule has 0 atom stereocenters. The summed E-state index contributed by atoms with van der Waals surface area (Å²) in [5.41, 5.74) is 6.83. The average Bonchev–Trinajstić information content (AvgIpc) is 2.78. The van der Waals surface area contributed by atoms with Crippen molar-refractivity contribution in [3.8, 4) is 0 Å². The van der Waals surface area contributed by atoms with E-state index < -0.39 is 14.4 Å². The number of alkyl carbamates (subject to hydrolysis) is 1. The number of rotatable bonds is 9. The number of carbonyl (C=O) groups excluding carboxylic acids is 1. The van der Waals surface area contributed by atoms with Crippen LogP contribution < -0.4 is 21.9 Å².